The molecule has 0 N–H and O–H groups in total. The van der Waals surface area contributed by atoms with Crippen LogP contribution in [0.15, 0.2) is 206 Å². The molecule has 67 heavy (non-hydrogen) atoms. The van der Waals surface area contributed by atoms with Crippen LogP contribution in [0.25, 0.3) is 66.6 Å². The number of benzene rings is 8. The minimum Gasteiger partial charge on any atom is -0.509 e. The van der Waals surface area contributed by atoms with Crippen LogP contribution in [0, 0.1) is 12.1 Å². The van der Waals surface area contributed by atoms with Gasteiger partial charge in [-0.2, -0.15) is 12.1 Å². The van der Waals surface area contributed by atoms with Gasteiger partial charge in [-0.05, 0) is 69.1 Å². The zero-order valence-corrected chi connectivity index (χ0v) is 38.6. The Morgan fingerprint density at radius 3 is 1.84 bits per heavy atom. The smallest absolute Gasteiger partial charge is 0.509 e. The summed E-state index contributed by atoms with van der Waals surface area (Å²) < 4.78 is 15.6. The van der Waals surface area contributed by atoms with E-state index in [1.807, 2.05) is 30.5 Å². The van der Waals surface area contributed by atoms with E-state index in [0.29, 0.717) is 11.5 Å². The third-order valence-electron chi connectivity index (χ3n) is 12.5. The zero-order valence-electron chi connectivity index (χ0n) is 37.1. The Morgan fingerprint density at radius 1 is 0.537 bits per heavy atom. The Balaban J connectivity index is 0.00000494. The second-order valence-electron chi connectivity index (χ2n) is 17.7. The molecule has 0 fully saturated rings. The summed E-state index contributed by atoms with van der Waals surface area (Å²) >= 11 is 0. The van der Waals surface area contributed by atoms with Crippen molar-refractivity contribution in [3.05, 3.63) is 224 Å². The number of para-hydroxylation sites is 5. The van der Waals surface area contributed by atoms with E-state index in [2.05, 4.69) is 233 Å². The van der Waals surface area contributed by atoms with Gasteiger partial charge in [-0.15, -0.1) is 18.2 Å². The van der Waals surface area contributed by atoms with Gasteiger partial charge in [-0.1, -0.05) is 164 Å². The number of ether oxygens (including phenoxy) is 1. The van der Waals surface area contributed by atoms with Gasteiger partial charge in [-0.25, -0.2) is 4.98 Å². The maximum atomic E-state index is 6.76. The molecular formula is C60H43N5OPd+2. The zero-order chi connectivity index (χ0) is 44.4. The Hall–Kier alpha value is -7.91. The standard InChI is InChI=1S/C60H43N5O.Pd/c1-60(2,3)43-35-36-61-56(37-43)65-55-39-47(33-34-51(55)58-59(65)50-27-13-14-30-52(50)64(58)44-23-11-6-12-24-44)66-46-26-17-25-45(38-46)62-40-63(54-32-16-15-31-53(54)62)57-48(41-19-7-4-8-20-41)28-18-29-49(57)42-21-9-5-10-22-42;/h4-37H,1-3H3;/q;+2. The molecule has 12 rings (SSSR count). The van der Waals surface area contributed by atoms with E-state index < -0.39 is 0 Å². The van der Waals surface area contributed by atoms with Crippen LogP contribution in [0.2, 0.25) is 0 Å². The Labute approximate surface area is 403 Å². The van der Waals surface area contributed by atoms with Crippen LogP contribution < -0.4 is 13.9 Å². The van der Waals surface area contributed by atoms with Gasteiger partial charge in [0.15, 0.2) is 0 Å². The van der Waals surface area contributed by atoms with Crippen molar-refractivity contribution in [2.45, 2.75) is 26.2 Å². The molecule has 3 aromatic heterocycles. The van der Waals surface area contributed by atoms with Crippen LogP contribution in [-0.4, -0.2) is 20.1 Å². The van der Waals surface area contributed by atoms with Crippen LogP contribution >= 0.6 is 0 Å². The first kappa shape index (κ1) is 41.8. The molecule has 0 saturated heterocycles. The van der Waals surface area contributed by atoms with Gasteiger partial charge in [0.2, 0.25) is 5.69 Å². The minimum absolute atomic E-state index is 0. The Kier molecular flexibility index (Phi) is 10.5. The van der Waals surface area contributed by atoms with Gasteiger partial charge in [-0.3, -0.25) is 0 Å². The fourth-order valence-electron chi connectivity index (χ4n) is 9.42. The van der Waals surface area contributed by atoms with E-state index in [-0.39, 0.29) is 25.8 Å². The predicted octanol–water partition coefficient (Wildman–Crippen LogP) is 15.0. The van der Waals surface area contributed by atoms with Crippen molar-refractivity contribution in [1.29, 1.82) is 0 Å². The van der Waals surface area contributed by atoms with Crippen molar-refractivity contribution in [3.63, 3.8) is 0 Å². The molecule has 0 spiro atoms. The summed E-state index contributed by atoms with van der Waals surface area (Å²) in [5.74, 6) is 1.96. The monoisotopic (exact) mass is 955 g/mol. The largest absolute Gasteiger partial charge is 2.00 e. The first-order valence-electron chi connectivity index (χ1n) is 22.3. The topological polar surface area (TPSA) is 38.0 Å². The van der Waals surface area contributed by atoms with E-state index in [0.717, 1.165) is 89.3 Å². The summed E-state index contributed by atoms with van der Waals surface area (Å²) in [4.78, 5) is 5.02. The molecule has 322 valence electrons. The molecule has 7 heteroatoms. The molecule has 0 radical (unpaired) electrons. The number of rotatable bonds is 8. The molecule has 11 aromatic rings. The molecule has 0 amide bonds. The SMILES string of the molecule is CC(C)(C)c1ccnc(-n2c3[c-]c(Oc4[c-]c([N+]5=C=[N+](c6c(-c7ccccc7)cccc6-c6ccccc6)c6ccccc65)ccc4)ccc3c3c2c2ccccc2n3-c2ccccc2)c1.[Pd+2]. The third kappa shape index (κ3) is 7.22. The van der Waals surface area contributed by atoms with Crippen molar-refractivity contribution in [2.24, 2.45) is 0 Å². The van der Waals surface area contributed by atoms with E-state index in [4.69, 9.17) is 9.72 Å². The summed E-state index contributed by atoms with van der Waals surface area (Å²) in [6.45, 7) is 6.70. The van der Waals surface area contributed by atoms with Crippen molar-refractivity contribution in [3.8, 4) is 45.3 Å². The molecule has 0 bridgehead atoms. The quantitative estimate of drug-likeness (QED) is 0.0865. The first-order chi connectivity index (χ1) is 32.4. The van der Waals surface area contributed by atoms with Gasteiger partial charge >= 0.3 is 26.4 Å². The van der Waals surface area contributed by atoms with Crippen molar-refractivity contribution < 1.29 is 25.2 Å². The molecule has 1 aliphatic rings. The maximum Gasteiger partial charge on any atom is 2.00 e. The summed E-state index contributed by atoms with van der Waals surface area (Å²) in [6, 6.07) is 80.8. The molecule has 4 heterocycles. The molecule has 0 unspecified atom stereocenters. The minimum atomic E-state index is -0.0756. The van der Waals surface area contributed by atoms with Gasteiger partial charge in [0.1, 0.15) is 11.5 Å². The Morgan fingerprint density at radius 2 is 1.13 bits per heavy atom. The second kappa shape index (κ2) is 16.8. The van der Waals surface area contributed by atoms with Gasteiger partial charge in [0.25, 0.3) is 11.4 Å². The summed E-state index contributed by atoms with van der Waals surface area (Å²) in [7, 11) is 0. The van der Waals surface area contributed by atoms with E-state index >= 15 is 0 Å². The molecular weight excluding hydrogens is 913 g/mol. The number of aromatic nitrogens is 3. The van der Waals surface area contributed by atoms with Crippen LogP contribution in [0.4, 0.5) is 22.7 Å². The summed E-state index contributed by atoms with van der Waals surface area (Å²) in [5.41, 5.74) is 14.7. The maximum absolute atomic E-state index is 6.76. The molecule has 0 atom stereocenters. The van der Waals surface area contributed by atoms with Gasteiger partial charge < -0.3 is 13.9 Å². The fourth-order valence-corrected chi connectivity index (χ4v) is 9.42. The number of fused-ring (bicyclic) bond motifs is 6. The molecule has 0 saturated carbocycles. The van der Waals surface area contributed by atoms with E-state index in [1.54, 1.807) is 0 Å². The molecule has 1 aliphatic heterocycles. The summed E-state index contributed by atoms with van der Waals surface area (Å²) in [5, 5.41) is 2.17. The van der Waals surface area contributed by atoms with Gasteiger partial charge in [0.05, 0.1) is 22.2 Å². The fraction of sp³-hybridized carbons (Fsp3) is 0.0667. The first-order valence-corrected chi connectivity index (χ1v) is 22.3. The van der Waals surface area contributed by atoms with Gasteiger partial charge in [0, 0.05) is 46.4 Å². The van der Waals surface area contributed by atoms with Crippen LogP contribution in [0.5, 0.6) is 11.5 Å². The van der Waals surface area contributed by atoms with E-state index in [1.165, 1.54) is 5.56 Å². The van der Waals surface area contributed by atoms with Crippen LogP contribution in [-0.2, 0) is 25.8 Å². The molecule has 0 aliphatic carbocycles. The summed E-state index contributed by atoms with van der Waals surface area (Å²) in [6.07, 6.45) is 1.92. The Bertz CT molecular complexity index is 3690. The van der Waals surface area contributed by atoms with Crippen molar-refractivity contribution in [1.82, 2.24) is 23.3 Å². The number of nitrogens with zero attached hydrogens (tertiary/aromatic N) is 5. The number of hydrogen-bond donors (Lipinski definition) is 0. The van der Waals surface area contributed by atoms with E-state index in [9.17, 15) is 0 Å². The van der Waals surface area contributed by atoms with Crippen molar-refractivity contribution in [2.75, 3.05) is 0 Å². The molecule has 6 nitrogen and oxygen atoms in total. The predicted molar refractivity (Wildman–Crippen MR) is 270 cm³/mol. The molecule has 8 aromatic carbocycles. The number of pyridine rings is 1. The van der Waals surface area contributed by atoms with Crippen molar-refractivity contribution >= 4 is 61.6 Å². The third-order valence-corrected chi connectivity index (χ3v) is 12.5. The second-order valence-corrected chi connectivity index (χ2v) is 17.7. The number of hydrogen-bond acceptors (Lipinski definition) is 2. The van der Waals surface area contributed by atoms with Crippen LogP contribution in [0.3, 0.4) is 0 Å². The average molecular weight is 956 g/mol. The average Bonchev–Trinajstić information content (AvgIpc) is 4.02. The van der Waals surface area contributed by atoms with Crippen LogP contribution in [0.1, 0.15) is 26.3 Å². The normalized spacial score (nSPS) is 12.2.